The molecule has 0 radical (unpaired) electrons. The lowest BCUT2D eigenvalue weighted by Gasteiger charge is -2.30. The minimum absolute atomic E-state index is 0.00851. The number of allylic oxidation sites excluding steroid dienone is 4. The maximum absolute atomic E-state index is 11.9. The summed E-state index contributed by atoms with van der Waals surface area (Å²) >= 11 is 0. The van der Waals surface area contributed by atoms with Gasteiger partial charge in [0.05, 0.1) is 0 Å². The first-order valence-electron chi connectivity index (χ1n) is 10.2. The molecular weight excluding hydrogens is 356 g/mol. The highest BCUT2D eigenvalue weighted by atomic mass is 16.4. The molecule has 0 aromatic carbocycles. The highest BCUT2D eigenvalue weighted by Crippen LogP contribution is 2.33. The number of carbonyl (C=O) groups excluding carboxylic acids is 2. The zero-order valence-electron chi connectivity index (χ0n) is 17.6. The monoisotopic (exact) mass is 390 g/mol. The number of ketones is 2. The van der Waals surface area contributed by atoms with Crippen LogP contribution < -0.4 is 10.6 Å². The number of aliphatic carboxylic acids is 1. The summed E-state index contributed by atoms with van der Waals surface area (Å²) in [6.07, 6.45) is 7.92. The van der Waals surface area contributed by atoms with Crippen molar-refractivity contribution in [3.8, 4) is 0 Å². The molecule has 0 spiro atoms. The Hall–Kier alpha value is -2.11. The summed E-state index contributed by atoms with van der Waals surface area (Å²) < 4.78 is 0. The lowest BCUT2D eigenvalue weighted by atomic mass is 9.78. The zero-order valence-corrected chi connectivity index (χ0v) is 17.6. The predicted octanol–water partition coefficient (Wildman–Crippen LogP) is 3.34. The molecule has 0 aromatic heterocycles. The normalized spacial score (nSPS) is 22.1. The SMILES string of the molecule is CC1(C)CC(=O)C=C(NCCCCC(NC2=CC(=O)CC(C)(C)C2)C(=O)O)C1. The smallest absolute Gasteiger partial charge is 0.326 e. The molecule has 0 fully saturated rings. The van der Waals surface area contributed by atoms with Gasteiger partial charge in [-0.3, -0.25) is 9.59 Å². The lowest BCUT2D eigenvalue weighted by molar-refractivity contribution is -0.139. The number of hydrogen-bond donors (Lipinski definition) is 3. The molecule has 6 nitrogen and oxygen atoms in total. The van der Waals surface area contributed by atoms with Crippen LogP contribution in [-0.4, -0.2) is 35.2 Å². The first kappa shape index (κ1) is 22.2. The standard InChI is InChI=1S/C22H34N2O4/c1-21(2)11-15(9-17(25)13-21)23-8-6-5-7-19(20(27)28)24-16-10-18(26)14-22(3,4)12-16/h9-10,19,23-24H,5-8,11-14H2,1-4H3,(H,27,28). The third-order valence-corrected chi connectivity index (χ3v) is 5.24. The van der Waals surface area contributed by atoms with Crippen molar-refractivity contribution in [3.05, 3.63) is 23.5 Å². The van der Waals surface area contributed by atoms with Crippen LogP contribution in [0.15, 0.2) is 23.5 Å². The van der Waals surface area contributed by atoms with E-state index < -0.39 is 12.0 Å². The quantitative estimate of drug-likeness (QED) is 0.523. The predicted molar refractivity (Wildman–Crippen MR) is 109 cm³/mol. The van der Waals surface area contributed by atoms with Crippen LogP contribution in [0.1, 0.15) is 72.6 Å². The average Bonchev–Trinajstić information content (AvgIpc) is 2.49. The van der Waals surface area contributed by atoms with Crippen LogP contribution in [0.25, 0.3) is 0 Å². The second-order valence-electron chi connectivity index (χ2n) is 9.77. The average molecular weight is 391 g/mol. The van der Waals surface area contributed by atoms with E-state index in [2.05, 4.69) is 24.5 Å². The highest BCUT2D eigenvalue weighted by Gasteiger charge is 2.30. The Balaban J connectivity index is 1.77. The molecule has 0 aliphatic heterocycles. The molecule has 2 aliphatic rings. The molecule has 0 bridgehead atoms. The molecule has 0 aromatic rings. The largest absolute Gasteiger partial charge is 0.480 e. The Labute approximate surface area is 167 Å². The van der Waals surface area contributed by atoms with Gasteiger partial charge in [-0.15, -0.1) is 0 Å². The molecule has 1 unspecified atom stereocenters. The number of rotatable bonds is 9. The molecule has 156 valence electrons. The third kappa shape index (κ3) is 7.13. The second kappa shape index (κ2) is 8.93. The van der Waals surface area contributed by atoms with E-state index in [-0.39, 0.29) is 22.4 Å². The van der Waals surface area contributed by atoms with Crippen molar-refractivity contribution in [2.75, 3.05) is 6.54 Å². The van der Waals surface area contributed by atoms with E-state index in [4.69, 9.17) is 0 Å². The molecule has 3 N–H and O–H groups in total. The Morgan fingerprint density at radius 1 is 0.964 bits per heavy atom. The highest BCUT2D eigenvalue weighted by molar-refractivity contribution is 5.92. The van der Waals surface area contributed by atoms with Gasteiger partial charge in [-0.2, -0.15) is 0 Å². The molecule has 28 heavy (non-hydrogen) atoms. The summed E-state index contributed by atoms with van der Waals surface area (Å²) in [5, 5.41) is 15.9. The van der Waals surface area contributed by atoms with Crippen LogP contribution in [0.4, 0.5) is 0 Å². The van der Waals surface area contributed by atoms with Crippen molar-refractivity contribution in [2.45, 2.75) is 78.7 Å². The second-order valence-corrected chi connectivity index (χ2v) is 9.77. The molecular formula is C22H34N2O4. The molecule has 0 saturated carbocycles. The first-order valence-corrected chi connectivity index (χ1v) is 10.2. The number of carboxylic acids is 1. The molecule has 2 rings (SSSR count). The van der Waals surface area contributed by atoms with E-state index >= 15 is 0 Å². The zero-order chi connectivity index (χ0) is 20.9. The molecule has 6 heteroatoms. The summed E-state index contributed by atoms with van der Waals surface area (Å²) in [6, 6.07) is -0.692. The fraction of sp³-hybridized carbons (Fsp3) is 0.682. The first-order chi connectivity index (χ1) is 13.0. The van der Waals surface area contributed by atoms with Gasteiger partial charge >= 0.3 is 5.97 Å². The van der Waals surface area contributed by atoms with Gasteiger partial charge < -0.3 is 15.7 Å². The number of carboxylic acid groups (broad SMARTS) is 1. The van der Waals surface area contributed by atoms with E-state index in [1.165, 1.54) is 0 Å². The van der Waals surface area contributed by atoms with Gasteiger partial charge in [-0.25, -0.2) is 4.79 Å². The van der Waals surface area contributed by atoms with E-state index in [0.717, 1.165) is 37.2 Å². The van der Waals surface area contributed by atoms with Crippen LogP contribution in [0.3, 0.4) is 0 Å². The van der Waals surface area contributed by atoms with Gasteiger partial charge in [0, 0.05) is 42.9 Å². The van der Waals surface area contributed by atoms with Crippen molar-refractivity contribution < 1.29 is 19.5 Å². The summed E-state index contributed by atoms with van der Waals surface area (Å²) in [5.41, 5.74) is 1.55. The Morgan fingerprint density at radius 2 is 1.50 bits per heavy atom. The number of unbranched alkanes of at least 4 members (excludes halogenated alkanes) is 1. The van der Waals surface area contributed by atoms with E-state index in [1.807, 2.05) is 13.8 Å². The van der Waals surface area contributed by atoms with Crippen LogP contribution in [0.2, 0.25) is 0 Å². The number of hydrogen-bond acceptors (Lipinski definition) is 5. The number of carbonyl (C=O) groups is 3. The van der Waals surface area contributed by atoms with Crippen LogP contribution >= 0.6 is 0 Å². The molecule has 0 amide bonds. The third-order valence-electron chi connectivity index (χ3n) is 5.24. The van der Waals surface area contributed by atoms with E-state index in [0.29, 0.717) is 25.7 Å². The minimum Gasteiger partial charge on any atom is -0.480 e. The van der Waals surface area contributed by atoms with Crippen molar-refractivity contribution in [1.82, 2.24) is 10.6 Å². The summed E-state index contributed by atoms with van der Waals surface area (Å²) in [5.74, 6) is -0.690. The Kier molecular flexibility index (Phi) is 7.07. The van der Waals surface area contributed by atoms with Gasteiger partial charge in [0.25, 0.3) is 0 Å². The van der Waals surface area contributed by atoms with Crippen LogP contribution in [0, 0.1) is 10.8 Å². The van der Waals surface area contributed by atoms with Crippen molar-refractivity contribution in [3.63, 3.8) is 0 Å². The molecule has 1 atom stereocenters. The summed E-state index contributed by atoms with van der Waals surface area (Å²) in [4.78, 5) is 35.2. The lowest BCUT2D eigenvalue weighted by Crippen LogP contribution is -2.39. The van der Waals surface area contributed by atoms with Gasteiger partial charge in [-0.05, 0) is 42.9 Å². The Morgan fingerprint density at radius 3 is 2.04 bits per heavy atom. The van der Waals surface area contributed by atoms with E-state index in [9.17, 15) is 19.5 Å². The van der Waals surface area contributed by atoms with Crippen LogP contribution in [0.5, 0.6) is 0 Å². The molecule has 2 aliphatic carbocycles. The van der Waals surface area contributed by atoms with Crippen molar-refractivity contribution in [1.29, 1.82) is 0 Å². The Bertz CT molecular complexity index is 689. The summed E-state index contributed by atoms with van der Waals surface area (Å²) in [7, 11) is 0. The fourth-order valence-electron chi connectivity index (χ4n) is 4.10. The maximum atomic E-state index is 11.9. The van der Waals surface area contributed by atoms with Crippen molar-refractivity contribution >= 4 is 17.5 Å². The van der Waals surface area contributed by atoms with Gasteiger partial charge in [0.1, 0.15) is 6.04 Å². The maximum Gasteiger partial charge on any atom is 0.326 e. The molecule has 0 heterocycles. The fourth-order valence-corrected chi connectivity index (χ4v) is 4.10. The number of nitrogens with one attached hydrogen (secondary N) is 2. The minimum atomic E-state index is -0.896. The van der Waals surface area contributed by atoms with E-state index in [1.54, 1.807) is 12.2 Å². The van der Waals surface area contributed by atoms with Crippen molar-refractivity contribution in [2.24, 2.45) is 10.8 Å². The van der Waals surface area contributed by atoms with Gasteiger partial charge in [0.2, 0.25) is 0 Å². The van der Waals surface area contributed by atoms with Gasteiger partial charge in [0.15, 0.2) is 11.6 Å². The van der Waals surface area contributed by atoms with Gasteiger partial charge in [-0.1, -0.05) is 27.7 Å². The van der Waals surface area contributed by atoms with Crippen LogP contribution in [-0.2, 0) is 14.4 Å². The topological polar surface area (TPSA) is 95.5 Å². The summed E-state index contributed by atoms with van der Waals surface area (Å²) in [6.45, 7) is 8.94. The molecule has 0 saturated heterocycles.